The molecule has 1 amide bonds. The van der Waals surface area contributed by atoms with Gasteiger partial charge in [-0.15, -0.1) is 0 Å². The lowest BCUT2D eigenvalue weighted by atomic mass is 10.2. The van der Waals surface area contributed by atoms with E-state index in [2.05, 4.69) is 10.6 Å². The number of benzene rings is 1. The molecule has 1 atom stereocenters. The van der Waals surface area contributed by atoms with Crippen molar-refractivity contribution in [3.05, 3.63) is 30.1 Å². The highest BCUT2D eigenvalue weighted by Crippen LogP contribution is 2.11. The lowest BCUT2D eigenvalue weighted by Gasteiger charge is -2.10. The van der Waals surface area contributed by atoms with E-state index < -0.39 is 11.9 Å². The maximum Gasteiger partial charge on any atom is 0.238 e. The molecule has 0 saturated carbocycles. The first kappa shape index (κ1) is 15.6. The van der Waals surface area contributed by atoms with Crippen LogP contribution in [-0.4, -0.2) is 43.9 Å². The molecule has 3 N–H and O–H groups in total. The third-order valence-corrected chi connectivity index (χ3v) is 2.45. The van der Waals surface area contributed by atoms with Gasteiger partial charge >= 0.3 is 0 Å². The molecule has 0 bridgehead atoms. The maximum absolute atomic E-state index is 13.2. The van der Waals surface area contributed by atoms with E-state index in [0.29, 0.717) is 13.0 Å². The molecule has 1 aromatic carbocycles. The summed E-state index contributed by atoms with van der Waals surface area (Å²) in [6.07, 6.45) is -0.0620. The summed E-state index contributed by atoms with van der Waals surface area (Å²) in [5.74, 6) is -0.794. The summed E-state index contributed by atoms with van der Waals surface area (Å²) in [5.41, 5.74) is 0.161. The van der Waals surface area contributed by atoms with Crippen LogP contribution in [0.25, 0.3) is 0 Å². The van der Waals surface area contributed by atoms with Gasteiger partial charge in [0.2, 0.25) is 5.91 Å². The van der Waals surface area contributed by atoms with Crippen molar-refractivity contribution in [1.29, 1.82) is 0 Å². The van der Waals surface area contributed by atoms with Gasteiger partial charge in [0.25, 0.3) is 0 Å². The van der Waals surface area contributed by atoms with E-state index in [9.17, 15) is 14.3 Å². The molecule has 0 fully saturated rings. The summed E-state index contributed by atoms with van der Waals surface area (Å²) in [6, 6.07) is 5.98. The second-order valence-electron chi connectivity index (χ2n) is 4.10. The van der Waals surface area contributed by atoms with Crippen molar-refractivity contribution in [3.63, 3.8) is 0 Å². The zero-order valence-electron chi connectivity index (χ0n) is 10.9. The van der Waals surface area contributed by atoms with Crippen molar-refractivity contribution in [1.82, 2.24) is 5.32 Å². The van der Waals surface area contributed by atoms with Crippen molar-refractivity contribution < 1.29 is 19.0 Å². The second-order valence-corrected chi connectivity index (χ2v) is 4.10. The molecule has 5 nitrogen and oxygen atoms in total. The second kappa shape index (κ2) is 8.58. The predicted molar refractivity (Wildman–Crippen MR) is 70.4 cm³/mol. The van der Waals surface area contributed by atoms with Gasteiger partial charge in [0.1, 0.15) is 5.82 Å². The van der Waals surface area contributed by atoms with Crippen LogP contribution in [0.4, 0.5) is 10.1 Å². The van der Waals surface area contributed by atoms with Crippen LogP contribution in [0.5, 0.6) is 0 Å². The zero-order chi connectivity index (χ0) is 14.1. The fraction of sp³-hybridized carbons (Fsp3) is 0.462. The first-order valence-corrected chi connectivity index (χ1v) is 6.05. The Balaban J connectivity index is 2.20. The van der Waals surface area contributed by atoms with Crippen molar-refractivity contribution in [3.8, 4) is 0 Å². The lowest BCUT2D eigenvalue weighted by Crippen LogP contribution is -2.31. The highest BCUT2D eigenvalue weighted by molar-refractivity contribution is 5.92. The average molecular weight is 270 g/mol. The van der Waals surface area contributed by atoms with Gasteiger partial charge in [-0.1, -0.05) is 12.1 Å². The van der Waals surface area contributed by atoms with Crippen molar-refractivity contribution in [2.75, 3.05) is 32.1 Å². The molecular formula is C13H19FN2O3. The Morgan fingerprint density at radius 2 is 2.21 bits per heavy atom. The normalized spacial score (nSPS) is 12.2. The van der Waals surface area contributed by atoms with Crippen molar-refractivity contribution in [2.24, 2.45) is 0 Å². The van der Waals surface area contributed by atoms with Gasteiger partial charge in [-0.3, -0.25) is 4.79 Å². The Morgan fingerprint density at radius 1 is 1.47 bits per heavy atom. The van der Waals surface area contributed by atoms with E-state index in [1.165, 1.54) is 19.2 Å². The number of anilines is 1. The first-order valence-electron chi connectivity index (χ1n) is 6.05. The fourth-order valence-electron chi connectivity index (χ4n) is 1.50. The number of amides is 1. The zero-order valence-corrected chi connectivity index (χ0v) is 10.9. The standard InChI is InChI=1S/C13H19FN2O3/c1-19-9-10(17)6-7-15-8-13(18)16-12-5-3-2-4-11(12)14/h2-5,10,15,17H,6-9H2,1H3,(H,16,18). The molecule has 0 saturated heterocycles. The summed E-state index contributed by atoms with van der Waals surface area (Å²) in [6.45, 7) is 0.812. The maximum atomic E-state index is 13.2. The fourth-order valence-corrected chi connectivity index (χ4v) is 1.50. The minimum Gasteiger partial charge on any atom is -0.391 e. The predicted octanol–water partition coefficient (Wildman–Crippen LogP) is 0.751. The van der Waals surface area contributed by atoms with Gasteiger partial charge in [-0.05, 0) is 25.1 Å². The van der Waals surface area contributed by atoms with Crippen LogP contribution in [0, 0.1) is 5.82 Å². The SMILES string of the molecule is COCC(O)CCNCC(=O)Nc1ccccc1F. The highest BCUT2D eigenvalue weighted by Gasteiger charge is 2.06. The molecule has 19 heavy (non-hydrogen) atoms. The quantitative estimate of drug-likeness (QED) is 0.610. The molecule has 0 spiro atoms. The Morgan fingerprint density at radius 3 is 2.89 bits per heavy atom. The molecule has 106 valence electrons. The number of para-hydroxylation sites is 1. The minimum absolute atomic E-state index is 0.0635. The monoisotopic (exact) mass is 270 g/mol. The van der Waals surface area contributed by atoms with Crippen LogP contribution in [-0.2, 0) is 9.53 Å². The van der Waals surface area contributed by atoms with E-state index in [-0.39, 0.29) is 24.7 Å². The number of hydrogen-bond acceptors (Lipinski definition) is 4. The summed E-state index contributed by atoms with van der Waals surface area (Å²) in [5, 5.41) is 14.7. The number of ether oxygens (including phenoxy) is 1. The van der Waals surface area contributed by atoms with Gasteiger partial charge in [0.05, 0.1) is 24.9 Å². The first-order chi connectivity index (χ1) is 9.13. The third-order valence-electron chi connectivity index (χ3n) is 2.45. The van der Waals surface area contributed by atoms with Crippen LogP contribution in [0.3, 0.4) is 0 Å². The molecule has 6 heteroatoms. The highest BCUT2D eigenvalue weighted by atomic mass is 19.1. The van der Waals surface area contributed by atoms with Crippen LogP contribution in [0.15, 0.2) is 24.3 Å². The number of hydrogen-bond donors (Lipinski definition) is 3. The minimum atomic E-state index is -0.549. The van der Waals surface area contributed by atoms with Crippen LogP contribution in [0.1, 0.15) is 6.42 Å². The third kappa shape index (κ3) is 6.28. The van der Waals surface area contributed by atoms with Crippen LogP contribution >= 0.6 is 0 Å². The summed E-state index contributed by atoms with van der Waals surface area (Å²) < 4.78 is 18.0. The topological polar surface area (TPSA) is 70.6 Å². The molecule has 0 heterocycles. The molecule has 1 unspecified atom stereocenters. The smallest absolute Gasteiger partial charge is 0.238 e. The number of aliphatic hydroxyl groups is 1. The number of aliphatic hydroxyl groups excluding tert-OH is 1. The van der Waals surface area contributed by atoms with Crippen molar-refractivity contribution >= 4 is 11.6 Å². The van der Waals surface area contributed by atoms with Gasteiger partial charge in [0.15, 0.2) is 0 Å². The largest absolute Gasteiger partial charge is 0.391 e. The molecule has 0 aliphatic carbocycles. The molecule has 0 aromatic heterocycles. The molecule has 0 aliphatic heterocycles. The Bertz CT molecular complexity index is 401. The van der Waals surface area contributed by atoms with E-state index in [4.69, 9.17) is 4.74 Å². The van der Waals surface area contributed by atoms with Gasteiger partial charge in [-0.2, -0.15) is 0 Å². The Labute approximate surface area is 111 Å². The number of halogens is 1. The average Bonchev–Trinajstić information content (AvgIpc) is 2.38. The molecule has 1 rings (SSSR count). The lowest BCUT2D eigenvalue weighted by molar-refractivity contribution is -0.115. The molecule has 1 aromatic rings. The summed E-state index contributed by atoms with van der Waals surface area (Å²) >= 11 is 0. The summed E-state index contributed by atoms with van der Waals surface area (Å²) in [4.78, 5) is 11.5. The van der Waals surface area contributed by atoms with E-state index in [1.54, 1.807) is 12.1 Å². The van der Waals surface area contributed by atoms with Crippen LogP contribution in [0.2, 0.25) is 0 Å². The number of carbonyl (C=O) groups excluding carboxylic acids is 1. The molecular weight excluding hydrogens is 251 g/mol. The van der Waals surface area contributed by atoms with Gasteiger partial charge in [0, 0.05) is 7.11 Å². The number of rotatable bonds is 8. The van der Waals surface area contributed by atoms with Crippen LogP contribution < -0.4 is 10.6 Å². The van der Waals surface area contributed by atoms with Crippen molar-refractivity contribution in [2.45, 2.75) is 12.5 Å². The Hall–Kier alpha value is -1.50. The van der Waals surface area contributed by atoms with E-state index >= 15 is 0 Å². The Kier molecular flexibility index (Phi) is 7.02. The molecule has 0 radical (unpaired) electrons. The number of carbonyl (C=O) groups is 1. The number of nitrogens with one attached hydrogen (secondary N) is 2. The van der Waals surface area contributed by atoms with E-state index in [0.717, 1.165) is 0 Å². The molecule has 0 aliphatic rings. The van der Waals surface area contributed by atoms with E-state index in [1.807, 2.05) is 0 Å². The summed E-state index contributed by atoms with van der Waals surface area (Å²) in [7, 11) is 1.51. The number of methoxy groups -OCH3 is 1. The van der Waals surface area contributed by atoms with Gasteiger partial charge in [-0.25, -0.2) is 4.39 Å². The van der Waals surface area contributed by atoms with Gasteiger partial charge < -0.3 is 20.5 Å².